The van der Waals surface area contributed by atoms with Gasteiger partial charge in [0.25, 0.3) is 0 Å². The fourth-order valence-corrected chi connectivity index (χ4v) is 2.96. The molecule has 0 aliphatic heterocycles. The maximum Gasteiger partial charge on any atom is 0.240 e. The van der Waals surface area contributed by atoms with Crippen LogP contribution >= 0.6 is 0 Å². The third-order valence-corrected chi connectivity index (χ3v) is 4.38. The average Bonchev–Trinajstić information content (AvgIpc) is 2.58. The molecule has 26 heavy (non-hydrogen) atoms. The van der Waals surface area contributed by atoms with Crippen molar-refractivity contribution >= 4 is 11.8 Å². The van der Waals surface area contributed by atoms with Crippen LogP contribution in [0.25, 0.3) is 0 Å². The second-order valence-corrected chi connectivity index (χ2v) is 6.52. The number of amides is 2. The lowest BCUT2D eigenvalue weighted by Gasteiger charge is -2.20. The minimum absolute atomic E-state index is 0.179. The molecule has 2 rings (SSSR count). The number of carbonyl (C=O) groups excluding carboxylic acids is 2. The van der Waals surface area contributed by atoms with Gasteiger partial charge in [-0.15, -0.1) is 0 Å². The number of benzene rings is 2. The topological polar surface area (TPSA) is 118 Å². The summed E-state index contributed by atoms with van der Waals surface area (Å²) in [5, 5.41) is 12.3. The Hall–Kier alpha value is -2.86. The number of nitrogens with one attached hydrogen (secondary N) is 1. The smallest absolute Gasteiger partial charge is 0.240 e. The highest BCUT2D eigenvalue weighted by atomic mass is 16.3. The van der Waals surface area contributed by atoms with Gasteiger partial charge in [-0.3, -0.25) is 9.59 Å². The molecular formula is C20H25N3O3. The van der Waals surface area contributed by atoms with E-state index in [-0.39, 0.29) is 5.75 Å². The SMILES string of the molecule is Cc1cc(O)cc(C)c1C[C@H](N)C(=O)N[C@@H](Cc1ccccc1)C(N)=O. The first kappa shape index (κ1) is 19.5. The van der Waals surface area contributed by atoms with Gasteiger partial charge in [0.1, 0.15) is 11.8 Å². The Labute approximate surface area is 153 Å². The van der Waals surface area contributed by atoms with Crippen LogP contribution in [0.5, 0.6) is 5.75 Å². The van der Waals surface area contributed by atoms with E-state index < -0.39 is 23.9 Å². The number of primary amides is 1. The van der Waals surface area contributed by atoms with Crippen LogP contribution < -0.4 is 16.8 Å². The number of rotatable bonds is 7. The first-order valence-electron chi connectivity index (χ1n) is 8.46. The van der Waals surface area contributed by atoms with Gasteiger partial charge in [-0.25, -0.2) is 0 Å². The van der Waals surface area contributed by atoms with E-state index in [4.69, 9.17) is 11.5 Å². The third-order valence-electron chi connectivity index (χ3n) is 4.38. The molecule has 2 amide bonds. The van der Waals surface area contributed by atoms with E-state index in [0.29, 0.717) is 12.8 Å². The molecule has 0 saturated heterocycles. The Morgan fingerprint density at radius 2 is 1.65 bits per heavy atom. The van der Waals surface area contributed by atoms with Crippen molar-refractivity contribution in [2.24, 2.45) is 11.5 Å². The van der Waals surface area contributed by atoms with Gasteiger partial charge in [-0.05, 0) is 54.7 Å². The van der Waals surface area contributed by atoms with Crippen molar-refractivity contribution in [2.75, 3.05) is 0 Å². The summed E-state index contributed by atoms with van der Waals surface area (Å²) >= 11 is 0. The molecule has 0 fully saturated rings. The molecule has 6 N–H and O–H groups in total. The normalized spacial score (nSPS) is 13.0. The summed E-state index contributed by atoms with van der Waals surface area (Å²) in [5.41, 5.74) is 15.0. The zero-order chi connectivity index (χ0) is 19.3. The molecule has 0 heterocycles. The Morgan fingerprint density at radius 3 is 2.19 bits per heavy atom. The predicted molar refractivity (Wildman–Crippen MR) is 101 cm³/mol. The van der Waals surface area contributed by atoms with E-state index in [2.05, 4.69) is 5.32 Å². The van der Waals surface area contributed by atoms with Crippen molar-refractivity contribution in [1.29, 1.82) is 0 Å². The zero-order valence-electron chi connectivity index (χ0n) is 15.0. The van der Waals surface area contributed by atoms with E-state index in [1.165, 1.54) is 0 Å². The summed E-state index contributed by atoms with van der Waals surface area (Å²) in [6, 6.07) is 10.9. The molecule has 0 aliphatic carbocycles. The summed E-state index contributed by atoms with van der Waals surface area (Å²) in [7, 11) is 0. The summed E-state index contributed by atoms with van der Waals surface area (Å²) in [6.07, 6.45) is 0.618. The third kappa shape index (κ3) is 5.07. The van der Waals surface area contributed by atoms with E-state index in [1.807, 2.05) is 44.2 Å². The fraction of sp³-hybridized carbons (Fsp3) is 0.300. The first-order valence-corrected chi connectivity index (χ1v) is 8.46. The van der Waals surface area contributed by atoms with Crippen LogP contribution in [-0.4, -0.2) is 29.0 Å². The van der Waals surface area contributed by atoms with Crippen LogP contribution in [0.2, 0.25) is 0 Å². The van der Waals surface area contributed by atoms with Crippen molar-refractivity contribution in [3.8, 4) is 5.75 Å². The van der Waals surface area contributed by atoms with Crippen LogP contribution in [0.3, 0.4) is 0 Å². The largest absolute Gasteiger partial charge is 0.508 e. The maximum atomic E-state index is 12.4. The van der Waals surface area contributed by atoms with Gasteiger partial charge in [0.05, 0.1) is 6.04 Å². The summed E-state index contributed by atoms with van der Waals surface area (Å²) in [6.45, 7) is 3.71. The molecule has 6 heteroatoms. The van der Waals surface area contributed by atoms with Gasteiger partial charge in [0, 0.05) is 6.42 Å². The van der Waals surface area contributed by atoms with Gasteiger partial charge >= 0.3 is 0 Å². The highest BCUT2D eigenvalue weighted by Gasteiger charge is 2.23. The summed E-state index contributed by atoms with van der Waals surface area (Å²) < 4.78 is 0. The summed E-state index contributed by atoms with van der Waals surface area (Å²) in [5.74, 6) is -0.860. The van der Waals surface area contributed by atoms with Crippen LogP contribution in [0.4, 0.5) is 0 Å². The van der Waals surface area contributed by atoms with Crippen LogP contribution in [0.15, 0.2) is 42.5 Å². The van der Waals surface area contributed by atoms with Crippen molar-refractivity contribution in [3.63, 3.8) is 0 Å². The number of hydrogen-bond donors (Lipinski definition) is 4. The number of phenolic OH excluding ortho intramolecular Hbond substituents is 1. The first-order chi connectivity index (χ1) is 12.3. The molecule has 2 atom stereocenters. The quantitative estimate of drug-likeness (QED) is 0.594. The van der Waals surface area contributed by atoms with Crippen molar-refractivity contribution in [3.05, 3.63) is 64.7 Å². The number of nitrogens with two attached hydrogens (primary N) is 2. The van der Waals surface area contributed by atoms with Crippen LogP contribution in [-0.2, 0) is 22.4 Å². The second-order valence-electron chi connectivity index (χ2n) is 6.52. The van der Waals surface area contributed by atoms with Crippen LogP contribution in [0.1, 0.15) is 22.3 Å². The number of aromatic hydroxyl groups is 1. The van der Waals surface area contributed by atoms with Gasteiger partial charge in [0.15, 0.2) is 0 Å². The monoisotopic (exact) mass is 355 g/mol. The highest BCUT2D eigenvalue weighted by molar-refractivity contribution is 5.89. The lowest BCUT2D eigenvalue weighted by molar-refractivity contribution is -0.128. The van der Waals surface area contributed by atoms with Gasteiger partial charge < -0.3 is 21.9 Å². The van der Waals surface area contributed by atoms with E-state index in [0.717, 1.165) is 22.3 Å². The molecule has 6 nitrogen and oxygen atoms in total. The number of aryl methyl sites for hydroxylation is 2. The molecule has 2 aromatic carbocycles. The van der Waals surface area contributed by atoms with Crippen molar-refractivity contribution in [2.45, 2.75) is 38.8 Å². The molecule has 0 saturated carbocycles. The van der Waals surface area contributed by atoms with Crippen LogP contribution in [0, 0.1) is 13.8 Å². The average molecular weight is 355 g/mol. The standard InChI is InChI=1S/C20H25N3O3/c1-12-8-15(24)9-13(2)16(12)11-17(21)20(26)23-18(19(22)25)10-14-6-4-3-5-7-14/h3-9,17-18,24H,10-11,21H2,1-2H3,(H2,22,25)(H,23,26)/t17-,18-/m0/s1. The molecule has 0 aliphatic rings. The van der Waals surface area contributed by atoms with E-state index in [1.54, 1.807) is 12.1 Å². The lowest BCUT2D eigenvalue weighted by atomic mass is 9.95. The predicted octanol–water partition coefficient (Wildman–Crippen LogP) is 1.09. The maximum absolute atomic E-state index is 12.4. The molecular weight excluding hydrogens is 330 g/mol. The van der Waals surface area contributed by atoms with Crippen molar-refractivity contribution < 1.29 is 14.7 Å². The second kappa shape index (κ2) is 8.49. The molecule has 0 bridgehead atoms. The highest BCUT2D eigenvalue weighted by Crippen LogP contribution is 2.21. The van der Waals surface area contributed by atoms with Gasteiger partial charge in [-0.2, -0.15) is 0 Å². The Kier molecular flexibility index (Phi) is 6.36. The zero-order valence-corrected chi connectivity index (χ0v) is 15.0. The molecule has 0 spiro atoms. The minimum Gasteiger partial charge on any atom is -0.508 e. The van der Waals surface area contributed by atoms with Gasteiger partial charge in [-0.1, -0.05) is 30.3 Å². The summed E-state index contributed by atoms with van der Waals surface area (Å²) in [4.78, 5) is 24.2. The molecule has 2 aromatic rings. The lowest BCUT2D eigenvalue weighted by Crippen LogP contribution is -2.52. The number of hydrogen-bond acceptors (Lipinski definition) is 4. The Bertz CT molecular complexity index is 767. The molecule has 138 valence electrons. The number of phenols is 1. The van der Waals surface area contributed by atoms with Gasteiger partial charge in [0.2, 0.25) is 11.8 Å². The van der Waals surface area contributed by atoms with E-state index >= 15 is 0 Å². The molecule has 0 radical (unpaired) electrons. The van der Waals surface area contributed by atoms with Crippen molar-refractivity contribution in [1.82, 2.24) is 5.32 Å². The minimum atomic E-state index is -0.824. The Morgan fingerprint density at radius 1 is 1.08 bits per heavy atom. The molecule has 0 aromatic heterocycles. The van der Waals surface area contributed by atoms with E-state index in [9.17, 15) is 14.7 Å². The number of carbonyl (C=O) groups is 2. The fourth-order valence-electron chi connectivity index (χ4n) is 2.96. The Balaban J connectivity index is 2.06. The molecule has 0 unspecified atom stereocenters.